The lowest BCUT2D eigenvalue weighted by Gasteiger charge is -2.05. The third-order valence-electron chi connectivity index (χ3n) is 2.24. The van der Waals surface area contributed by atoms with E-state index in [4.69, 9.17) is 4.74 Å². The van der Waals surface area contributed by atoms with E-state index < -0.39 is 5.97 Å². The van der Waals surface area contributed by atoms with Crippen molar-refractivity contribution in [1.82, 2.24) is 9.78 Å². The number of esters is 1. The van der Waals surface area contributed by atoms with Crippen molar-refractivity contribution in [3.8, 4) is 0 Å². The molecule has 5 nitrogen and oxygen atoms in total. The molecule has 0 aliphatic rings. The van der Waals surface area contributed by atoms with Crippen LogP contribution in [0.1, 0.15) is 43.6 Å². The number of hydrogen-bond donors (Lipinski definition) is 0. The number of aromatic nitrogens is 2. The SMILES string of the molecule is CCCCOC(=O)c1ccc(=O)n(CCC)n1. The van der Waals surface area contributed by atoms with Gasteiger partial charge in [-0.15, -0.1) is 0 Å². The van der Waals surface area contributed by atoms with E-state index >= 15 is 0 Å². The Morgan fingerprint density at radius 1 is 1.35 bits per heavy atom. The highest BCUT2D eigenvalue weighted by Gasteiger charge is 2.10. The van der Waals surface area contributed by atoms with Gasteiger partial charge >= 0.3 is 5.97 Å². The summed E-state index contributed by atoms with van der Waals surface area (Å²) in [6.07, 6.45) is 2.59. The molecule has 0 bridgehead atoms. The second-order valence-electron chi connectivity index (χ2n) is 3.77. The van der Waals surface area contributed by atoms with E-state index in [0.29, 0.717) is 13.2 Å². The van der Waals surface area contributed by atoms with Crippen molar-refractivity contribution in [2.24, 2.45) is 0 Å². The van der Waals surface area contributed by atoms with Gasteiger partial charge in [0.25, 0.3) is 5.56 Å². The van der Waals surface area contributed by atoms with Crippen molar-refractivity contribution in [3.63, 3.8) is 0 Å². The topological polar surface area (TPSA) is 61.2 Å². The average molecular weight is 238 g/mol. The number of rotatable bonds is 6. The Bertz CT molecular complexity index is 426. The predicted molar refractivity (Wildman–Crippen MR) is 64.0 cm³/mol. The van der Waals surface area contributed by atoms with Gasteiger partial charge in [0, 0.05) is 12.6 Å². The molecule has 5 heteroatoms. The summed E-state index contributed by atoms with van der Waals surface area (Å²) in [6.45, 7) is 4.87. The quantitative estimate of drug-likeness (QED) is 0.558. The van der Waals surface area contributed by atoms with Crippen LogP contribution < -0.4 is 5.56 Å². The van der Waals surface area contributed by atoms with Crippen LogP contribution >= 0.6 is 0 Å². The first kappa shape index (κ1) is 13.4. The van der Waals surface area contributed by atoms with Crippen molar-refractivity contribution in [1.29, 1.82) is 0 Å². The summed E-state index contributed by atoms with van der Waals surface area (Å²) in [5, 5.41) is 3.97. The summed E-state index contributed by atoms with van der Waals surface area (Å²) in [5.74, 6) is -0.469. The van der Waals surface area contributed by atoms with Crippen LogP contribution in [0.15, 0.2) is 16.9 Å². The number of hydrogen-bond acceptors (Lipinski definition) is 4. The fourth-order valence-corrected chi connectivity index (χ4v) is 1.31. The lowest BCUT2D eigenvalue weighted by molar-refractivity contribution is 0.0489. The van der Waals surface area contributed by atoms with Crippen LogP contribution in [0.4, 0.5) is 0 Å². The Kier molecular flexibility index (Phi) is 5.39. The fourth-order valence-electron chi connectivity index (χ4n) is 1.31. The van der Waals surface area contributed by atoms with Crippen molar-refractivity contribution in [3.05, 3.63) is 28.2 Å². The zero-order chi connectivity index (χ0) is 12.7. The summed E-state index contributed by atoms with van der Waals surface area (Å²) >= 11 is 0. The van der Waals surface area contributed by atoms with Gasteiger partial charge in [-0.1, -0.05) is 20.3 Å². The molecule has 0 amide bonds. The highest BCUT2D eigenvalue weighted by atomic mass is 16.5. The number of ether oxygens (including phenoxy) is 1. The first-order valence-corrected chi connectivity index (χ1v) is 5.94. The maximum Gasteiger partial charge on any atom is 0.358 e. The van der Waals surface area contributed by atoms with E-state index in [1.54, 1.807) is 0 Å². The van der Waals surface area contributed by atoms with Crippen molar-refractivity contribution >= 4 is 5.97 Å². The molecular formula is C12H18N2O3. The molecule has 0 aliphatic heterocycles. The minimum atomic E-state index is -0.469. The molecule has 0 fully saturated rings. The smallest absolute Gasteiger partial charge is 0.358 e. The summed E-state index contributed by atoms with van der Waals surface area (Å²) in [6, 6.07) is 2.75. The van der Waals surface area contributed by atoms with Gasteiger partial charge in [-0.05, 0) is 18.9 Å². The van der Waals surface area contributed by atoms with Gasteiger partial charge < -0.3 is 4.74 Å². The number of nitrogens with zero attached hydrogens (tertiary/aromatic N) is 2. The average Bonchev–Trinajstić information content (AvgIpc) is 2.32. The molecule has 0 saturated carbocycles. The fraction of sp³-hybridized carbons (Fsp3) is 0.583. The monoisotopic (exact) mass is 238 g/mol. The van der Waals surface area contributed by atoms with E-state index in [1.807, 2.05) is 13.8 Å². The second kappa shape index (κ2) is 6.83. The van der Waals surface area contributed by atoms with Gasteiger partial charge in [-0.25, -0.2) is 9.48 Å². The van der Waals surface area contributed by atoms with Crippen LogP contribution in [0.2, 0.25) is 0 Å². The molecule has 1 rings (SSSR count). The van der Waals surface area contributed by atoms with Gasteiger partial charge in [0.15, 0.2) is 5.69 Å². The lowest BCUT2D eigenvalue weighted by atomic mass is 10.3. The highest BCUT2D eigenvalue weighted by Crippen LogP contribution is 1.97. The maximum atomic E-state index is 11.6. The van der Waals surface area contributed by atoms with Crippen molar-refractivity contribution in [2.75, 3.05) is 6.61 Å². The second-order valence-corrected chi connectivity index (χ2v) is 3.77. The summed E-state index contributed by atoms with van der Waals surface area (Å²) in [7, 11) is 0. The van der Waals surface area contributed by atoms with Crippen molar-refractivity contribution < 1.29 is 9.53 Å². The first-order chi connectivity index (χ1) is 8.19. The zero-order valence-electron chi connectivity index (χ0n) is 10.3. The molecule has 94 valence electrons. The van der Waals surface area contributed by atoms with E-state index in [2.05, 4.69) is 5.10 Å². The van der Waals surface area contributed by atoms with Crippen LogP contribution in [0.5, 0.6) is 0 Å². The number of unbranched alkanes of at least 4 members (excludes halogenated alkanes) is 1. The van der Waals surface area contributed by atoms with Crippen LogP contribution in [0, 0.1) is 0 Å². The zero-order valence-corrected chi connectivity index (χ0v) is 10.3. The van der Waals surface area contributed by atoms with Gasteiger partial charge in [-0.2, -0.15) is 5.10 Å². The molecule has 0 aliphatic carbocycles. The summed E-state index contributed by atoms with van der Waals surface area (Å²) in [5.41, 5.74) is -0.00823. The largest absolute Gasteiger partial charge is 0.461 e. The Hall–Kier alpha value is -1.65. The van der Waals surface area contributed by atoms with Gasteiger partial charge in [-0.3, -0.25) is 4.79 Å². The molecular weight excluding hydrogens is 220 g/mol. The maximum absolute atomic E-state index is 11.6. The standard InChI is InChI=1S/C12H18N2O3/c1-3-5-9-17-12(16)10-6-7-11(15)14(13-10)8-4-2/h6-7H,3-5,8-9H2,1-2H3. The molecule has 1 aromatic heterocycles. The van der Waals surface area contributed by atoms with Crippen LogP contribution in [-0.2, 0) is 11.3 Å². The molecule has 0 N–H and O–H groups in total. The molecule has 0 saturated heterocycles. The molecule has 0 spiro atoms. The molecule has 17 heavy (non-hydrogen) atoms. The predicted octanol–water partition coefficient (Wildman–Crippen LogP) is 1.61. The van der Waals surface area contributed by atoms with E-state index in [1.165, 1.54) is 16.8 Å². The normalized spacial score (nSPS) is 10.2. The number of carbonyl (C=O) groups excluding carboxylic acids is 1. The van der Waals surface area contributed by atoms with Crippen LogP contribution in [0.25, 0.3) is 0 Å². The minimum absolute atomic E-state index is 0.189. The molecule has 1 heterocycles. The summed E-state index contributed by atoms with van der Waals surface area (Å²) < 4.78 is 6.31. The lowest BCUT2D eigenvalue weighted by Crippen LogP contribution is -2.24. The van der Waals surface area contributed by atoms with Crippen molar-refractivity contribution in [2.45, 2.75) is 39.7 Å². The first-order valence-electron chi connectivity index (χ1n) is 5.94. The summed E-state index contributed by atoms with van der Waals surface area (Å²) in [4.78, 5) is 23.0. The third kappa shape index (κ3) is 4.01. The Balaban J connectivity index is 2.73. The molecule has 0 unspecified atom stereocenters. The number of carbonyl (C=O) groups is 1. The molecule has 1 aromatic rings. The third-order valence-corrected chi connectivity index (χ3v) is 2.24. The van der Waals surface area contributed by atoms with Gasteiger partial charge in [0.2, 0.25) is 0 Å². The van der Waals surface area contributed by atoms with Gasteiger partial charge in [0.1, 0.15) is 0 Å². The van der Waals surface area contributed by atoms with Gasteiger partial charge in [0.05, 0.1) is 6.61 Å². The van der Waals surface area contributed by atoms with Crippen LogP contribution in [0.3, 0.4) is 0 Å². The molecule has 0 aromatic carbocycles. The Morgan fingerprint density at radius 3 is 2.76 bits per heavy atom. The van der Waals surface area contributed by atoms with Crippen LogP contribution in [-0.4, -0.2) is 22.4 Å². The minimum Gasteiger partial charge on any atom is -0.461 e. The van der Waals surface area contributed by atoms with E-state index in [-0.39, 0.29) is 11.3 Å². The Morgan fingerprint density at radius 2 is 2.12 bits per heavy atom. The molecule has 0 radical (unpaired) electrons. The Labute approximate surface area is 100 Å². The molecule has 0 atom stereocenters. The van der Waals surface area contributed by atoms with E-state index in [9.17, 15) is 9.59 Å². The van der Waals surface area contributed by atoms with E-state index in [0.717, 1.165) is 19.3 Å². The number of aryl methyl sites for hydroxylation is 1. The highest BCUT2D eigenvalue weighted by molar-refractivity contribution is 5.86.